The Kier molecular flexibility index (Phi) is 9.36. The van der Waals surface area contributed by atoms with Crippen LogP contribution in [0, 0.1) is 0 Å². The number of nitrogens with two attached hydrogens (primary N) is 1. The van der Waals surface area contributed by atoms with Gasteiger partial charge in [-0.25, -0.2) is 4.98 Å². The van der Waals surface area contributed by atoms with E-state index in [0.29, 0.717) is 31.6 Å². The standard InChI is InChI=1S/C14H19NO3.C5H6N2/c1-3-15-13(16)10-12-6-4-11(5-7-12)8-9-14(17)18-2;6-5-3-1-2-4-7-5/h4-7H,3,8-10H2,1-2H3,(H,15,16);1-4H,(H2,6,7). The highest BCUT2D eigenvalue weighted by molar-refractivity contribution is 5.78. The minimum atomic E-state index is -0.207. The van der Waals surface area contributed by atoms with Crippen molar-refractivity contribution in [2.24, 2.45) is 0 Å². The van der Waals surface area contributed by atoms with Gasteiger partial charge >= 0.3 is 5.97 Å². The number of aromatic nitrogens is 1. The average Bonchev–Trinajstić information content (AvgIpc) is 2.62. The van der Waals surface area contributed by atoms with Crippen LogP contribution in [-0.4, -0.2) is 30.5 Å². The van der Waals surface area contributed by atoms with E-state index in [2.05, 4.69) is 15.0 Å². The van der Waals surface area contributed by atoms with E-state index in [1.54, 1.807) is 12.3 Å². The van der Waals surface area contributed by atoms with Crippen LogP contribution in [0.5, 0.6) is 0 Å². The lowest BCUT2D eigenvalue weighted by Crippen LogP contribution is -2.24. The van der Waals surface area contributed by atoms with E-state index in [-0.39, 0.29) is 11.9 Å². The first-order valence-corrected chi connectivity index (χ1v) is 8.13. The highest BCUT2D eigenvalue weighted by atomic mass is 16.5. The number of hydrogen-bond donors (Lipinski definition) is 2. The van der Waals surface area contributed by atoms with Gasteiger partial charge in [-0.3, -0.25) is 9.59 Å². The predicted octanol–water partition coefficient (Wildman–Crippen LogP) is 2.13. The fraction of sp³-hybridized carbons (Fsp3) is 0.316. The first-order chi connectivity index (χ1) is 12.0. The number of carbonyl (C=O) groups excluding carboxylic acids is 2. The van der Waals surface area contributed by atoms with Gasteiger partial charge in [-0.2, -0.15) is 0 Å². The molecule has 0 aliphatic heterocycles. The zero-order valence-corrected chi connectivity index (χ0v) is 14.7. The molecular formula is C19H25N3O3. The molecule has 2 aromatic rings. The Morgan fingerprint density at radius 2 is 1.80 bits per heavy atom. The lowest BCUT2D eigenvalue weighted by atomic mass is 10.1. The highest BCUT2D eigenvalue weighted by Gasteiger charge is 2.04. The zero-order chi connectivity index (χ0) is 18.5. The van der Waals surface area contributed by atoms with Gasteiger partial charge in [0.15, 0.2) is 0 Å². The second kappa shape index (κ2) is 11.6. The summed E-state index contributed by atoms with van der Waals surface area (Å²) in [4.78, 5) is 26.1. The number of nitrogens with one attached hydrogen (secondary N) is 1. The molecule has 2 rings (SSSR count). The smallest absolute Gasteiger partial charge is 0.305 e. The molecule has 0 spiro atoms. The van der Waals surface area contributed by atoms with Crippen molar-refractivity contribution in [3.8, 4) is 0 Å². The van der Waals surface area contributed by atoms with E-state index < -0.39 is 0 Å². The molecule has 0 bridgehead atoms. The van der Waals surface area contributed by atoms with Crippen molar-refractivity contribution in [3.63, 3.8) is 0 Å². The van der Waals surface area contributed by atoms with Crippen LogP contribution in [0.2, 0.25) is 0 Å². The molecule has 1 heterocycles. The van der Waals surface area contributed by atoms with Crippen LogP contribution >= 0.6 is 0 Å². The summed E-state index contributed by atoms with van der Waals surface area (Å²) in [6.07, 6.45) is 3.10. The third-order valence-corrected chi connectivity index (χ3v) is 3.29. The summed E-state index contributed by atoms with van der Waals surface area (Å²) in [7, 11) is 1.39. The number of hydrogen-bond acceptors (Lipinski definition) is 5. The largest absolute Gasteiger partial charge is 0.469 e. The molecule has 0 atom stereocenters. The zero-order valence-electron chi connectivity index (χ0n) is 14.7. The van der Waals surface area contributed by atoms with E-state index in [0.717, 1.165) is 11.1 Å². The maximum absolute atomic E-state index is 11.4. The number of anilines is 1. The van der Waals surface area contributed by atoms with Gasteiger partial charge in [-0.05, 0) is 36.6 Å². The van der Waals surface area contributed by atoms with Gasteiger partial charge in [0, 0.05) is 19.2 Å². The molecule has 6 heteroatoms. The van der Waals surface area contributed by atoms with Crippen LogP contribution in [0.15, 0.2) is 48.7 Å². The van der Waals surface area contributed by atoms with Gasteiger partial charge in [0.1, 0.15) is 5.82 Å². The Labute approximate surface area is 148 Å². The number of nitrogens with zero attached hydrogens (tertiary/aromatic N) is 1. The van der Waals surface area contributed by atoms with Gasteiger partial charge in [-0.15, -0.1) is 0 Å². The number of amides is 1. The maximum Gasteiger partial charge on any atom is 0.305 e. The lowest BCUT2D eigenvalue weighted by molar-refractivity contribution is -0.140. The Balaban J connectivity index is 0.000000370. The van der Waals surface area contributed by atoms with Crippen molar-refractivity contribution in [1.82, 2.24) is 10.3 Å². The van der Waals surface area contributed by atoms with Crippen molar-refractivity contribution in [2.75, 3.05) is 19.4 Å². The molecule has 1 aromatic carbocycles. The number of carbonyl (C=O) groups is 2. The molecule has 0 saturated carbocycles. The molecule has 0 radical (unpaired) electrons. The van der Waals surface area contributed by atoms with E-state index >= 15 is 0 Å². The molecule has 1 amide bonds. The summed E-state index contributed by atoms with van der Waals surface area (Å²) >= 11 is 0. The lowest BCUT2D eigenvalue weighted by Gasteiger charge is -2.04. The SMILES string of the molecule is CCNC(=O)Cc1ccc(CCC(=O)OC)cc1.Nc1ccccn1. The fourth-order valence-corrected chi connectivity index (χ4v) is 1.99. The molecule has 0 unspecified atom stereocenters. The molecular weight excluding hydrogens is 318 g/mol. The maximum atomic E-state index is 11.4. The normalized spacial score (nSPS) is 9.52. The molecule has 6 nitrogen and oxygen atoms in total. The molecule has 1 aromatic heterocycles. The Bertz CT molecular complexity index is 643. The van der Waals surface area contributed by atoms with Crippen LogP contribution in [0.25, 0.3) is 0 Å². The summed E-state index contributed by atoms with van der Waals surface area (Å²) in [6, 6.07) is 13.2. The van der Waals surface area contributed by atoms with Crippen LogP contribution < -0.4 is 11.1 Å². The number of ether oxygens (including phenoxy) is 1. The van der Waals surface area contributed by atoms with Gasteiger partial charge in [0.25, 0.3) is 0 Å². The van der Waals surface area contributed by atoms with Crippen molar-refractivity contribution in [2.45, 2.75) is 26.2 Å². The molecule has 0 aliphatic rings. The second-order valence-corrected chi connectivity index (χ2v) is 5.28. The van der Waals surface area contributed by atoms with Crippen molar-refractivity contribution >= 4 is 17.7 Å². The van der Waals surface area contributed by atoms with Gasteiger partial charge in [-0.1, -0.05) is 30.3 Å². The first kappa shape index (κ1) is 20.2. The summed E-state index contributed by atoms with van der Waals surface area (Å²) in [5.41, 5.74) is 7.29. The predicted molar refractivity (Wildman–Crippen MR) is 97.8 cm³/mol. The summed E-state index contributed by atoms with van der Waals surface area (Å²) in [5, 5.41) is 2.76. The minimum Gasteiger partial charge on any atom is -0.469 e. The third kappa shape index (κ3) is 9.10. The summed E-state index contributed by atoms with van der Waals surface area (Å²) in [6.45, 7) is 2.55. The van der Waals surface area contributed by atoms with Gasteiger partial charge < -0.3 is 15.8 Å². The number of aryl methyl sites for hydroxylation is 1. The topological polar surface area (TPSA) is 94.3 Å². The fourth-order valence-electron chi connectivity index (χ4n) is 1.99. The Morgan fingerprint density at radius 1 is 1.12 bits per heavy atom. The minimum absolute atomic E-state index is 0.0276. The molecule has 134 valence electrons. The number of methoxy groups -OCH3 is 1. The van der Waals surface area contributed by atoms with Gasteiger partial charge in [0.05, 0.1) is 13.5 Å². The van der Waals surface area contributed by atoms with Crippen LogP contribution in [0.3, 0.4) is 0 Å². The number of esters is 1. The average molecular weight is 343 g/mol. The van der Waals surface area contributed by atoms with E-state index in [9.17, 15) is 9.59 Å². The van der Waals surface area contributed by atoms with Crippen molar-refractivity contribution in [3.05, 3.63) is 59.8 Å². The molecule has 0 fully saturated rings. The number of nitrogen functional groups attached to an aromatic ring is 1. The number of likely N-dealkylation sites (N-methyl/N-ethyl adjacent to an activating group) is 1. The molecule has 3 N–H and O–H groups in total. The number of pyridine rings is 1. The number of benzene rings is 1. The summed E-state index contributed by atoms with van der Waals surface area (Å²) < 4.78 is 4.58. The van der Waals surface area contributed by atoms with Crippen LogP contribution in [-0.2, 0) is 27.2 Å². The Morgan fingerprint density at radius 3 is 2.28 bits per heavy atom. The molecule has 0 aliphatic carbocycles. The van der Waals surface area contributed by atoms with E-state index in [1.807, 2.05) is 43.3 Å². The number of rotatable bonds is 6. The first-order valence-electron chi connectivity index (χ1n) is 8.13. The molecule has 25 heavy (non-hydrogen) atoms. The highest BCUT2D eigenvalue weighted by Crippen LogP contribution is 2.08. The van der Waals surface area contributed by atoms with Crippen molar-refractivity contribution in [1.29, 1.82) is 0 Å². The summed E-state index contributed by atoms with van der Waals surface area (Å²) in [5.74, 6) is 0.392. The van der Waals surface area contributed by atoms with Crippen molar-refractivity contribution < 1.29 is 14.3 Å². The van der Waals surface area contributed by atoms with Crippen LogP contribution in [0.4, 0.5) is 5.82 Å². The van der Waals surface area contributed by atoms with Crippen LogP contribution in [0.1, 0.15) is 24.5 Å². The quantitative estimate of drug-likeness (QED) is 0.784. The Hall–Kier alpha value is -2.89. The van der Waals surface area contributed by atoms with Gasteiger partial charge in [0.2, 0.25) is 5.91 Å². The van der Waals surface area contributed by atoms with E-state index in [4.69, 9.17) is 5.73 Å². The third-order valence-electron chi connectivity index (χ3n) is 3.29. The van der Waals surface area contributed by atoms with E-state index in [1.165, 1.54) is 7.11 Å². The second-order valence-electron chi connectivity index (χ2n) is 5.28. The molecule has 0 saturated heterocycles. The monoisotopic (exact) mass is 343 g/mol.